The van der Waals surface area contributed by atoms with Crippen molar-refractivity contribution < 1.29 is 9.59 Å². The zero-order valence-corrected chi connectivity index (χ0v) is 15.6. The van der Waals surface area contributed by atoms with Crippen LogP contribution < -0.4 is 5.69 Å². The number of unbranched alkanes of at least 4 members (excludes halogenated alkanes) is 1. The predicted molar refractivity (Wildman–Crippen MR) is 102 cm³/mol. The third kappa shape index (κ3) is 4.07. The average Bonchev–Trinajstić information content (AvgIpc) is 2.69. The second kappa shape index (κ2) is 8.16. The molecular weight excluding hydrogens is 344 g/mol. The highest BCUT2D eigenvalue weighted by Crippen LogP contribution is 2.21. The molecule has 1 aromatic carbocycles. The molecule has 7 heteroatoms. The number of nitrogens with zero attached hydrogens (tertiary/aromatic N) is 3. The molecule has 7 nitrogen and oxygen atoms in total. The molecule has 1 atom stereocenters. The number of carbonyl (C=O) groups excluding carboxylic acids is 2. The summed E-state index contributed by atoms with van der Waals surface area (Å²) in [6, 6.07) is 6.76. The van der Waals surface area contributed by atoms with Crippen LogP contribution in [0, 0.1) is 0 Å². The maximum Gasteiger partial charge on any atom is 0.344 e. The van der Waals surface area contributed by atoms with Crippen LogP contribution >= 0.6 is 0 Å². The minimum Gasteiger partial charge on any atom is -0.342 e. The largest absolute Gasteiger partial charge is 0.344 e. The van der Waals surface area contributed by atoms with Crippen molar-refractivity contribution in [2.45, 2.75) is 32.2 Å². The van der Waals surface area contributed by atoms with Gasteiger partial charge >= 0.3 is 5.69 Å². The van der Waals surface area contributed by atoms with Gasteiger partial charge in [-0.2, -0.15) is 0 Å². The molecular formula is C20H24N4O3. The number of hydrogen-bond acceptors (Lipinski definition) is 4. The summed E-state index contributed by atoms with van der Waals surface area (Å²) in [5, 5.41) is 0. The summed E-state index contributed by atoms with van der Waals surface area (Å²) in [6.07, 6.45) is 5.66. The van der Waals surface area contributed by atoms with Gasteiger partial charge in [0.25, 0.3) is 5.91 Å². The second-order valence-electron chi connectivity index (χ2n) is 6.80. The Morgan fingerprint density at radius 2 is 1.93 bits per heavy atom. The summed E-state index contributed by atoms with van der Waals surface area (Å²) in [5.74, 6) is -0.109. The van der Waals surface area contributed by atoms with Gasteiger partial charge in [0.1, 0.15) is 6.04 Å². The van der Waals surface area contributed by atoms with Crippen LogP contribution in [0.5, 0.6) is 0 Å². The lowest BCUT2D eigenvalue weighted by Crippen LogP contribution is -2.57. The van der Waals surface area contributed by atoms with Crippen LogP contribution in [0.25, 0.3) is 11.1 Å². The third-order valence-corrected chi connectivity index (χ3v) is 4.94. The van der Waals surface area contributed by atoms with Crippen molar-refractivity contribution in [3.8, 4) is 11.1 Å². The zero-order valence-electron chi connectivity index (χ0n) is 15.6. The molecule has 1 fully saturated rings. The van der Waals surface area contributed by atoms with E-state index < -0.39 is 5.69 Å². The highest BCUT2D eigenvalue weighted by Gasteiger charge is 2.35. The van der Waals surface area contributed by atoms with Gasteiger partial charge in [0, 0.05) is 43.7 Å². The molecule has 3 rings (SSSR count). The highest BCUT2D eigenvalue weighted by atomic mass is 16.2. The van der Waals surface area contributed by atoms with Crippen LogP contribution in [0.2, 0.25) is 0 Å². The van der Waals surface area contributed by atoms with E-state index in [4.69, 9.17) is 0 Å². The molecule has 0 aliphatic carbocycles. The topological polar surface area (TPSA) is 86.4 Å². The van der Waals surface area contributed by atoms with Crippen molar-refractivity contribution >= 4 is 11.8 Å². The standard InChI is InChI=1S/C20H24N4O3/c1-3-4-5-17-19(26)23(2)10-11-24(17)18(25)15-8-6-14(7-9-15)16-12-21-20(27)22-13-16/h6-9,12-13,17H,3-5,10-11H2,1-2H3,(H,21,22,27)/t17-/m1/s1. The fraction of sp³-hybridized carbons (Fsp3) is 0.400. The summed E-state index contributed by atoms with van der Waals surface area (Å²) in [4.78, 5) is 46.3. The number of piperazine rings is 1. The van der Waals surface area contributed by atoms with Crippen LogP contribution in [0.4, 0.5) is 0 Å². The number of nitrogens with one attached hydrogen (secondary N) is 1. The van der Waals surface area contributed by atoms with E-state index in [0.717, 1.165) is 24.0 Å². The van der Waals surface area contributed by atoms with Crippen molar-refractivity contribution in [1.82, 2.24) is 19.8 Å². The summed E-state index contributed by atoms with van der Waals surface area (Å²) >= 11 is 0. The molecule has 0 bridgehead atoms. The molecule has 27 heavy (non-hydrogen) atoms. The van der Waals surface area contributed by atoms with Gasteiger partial charge in [0.05, 0.1) is 0 Å². The number of aromatic amines is 1. The van der Waals surface area contributed by atoms with Gasteiger partial charge in [-0.3, -0.25) is 9.59 Å². The van der Waals surface area contributed by atoms with Gasteiger partial charge < -0.3 is 14.8 Å². The van der Waals surface area contributed by atoms with Crippen molar-refractivity contribution in [1.29, 1.82) is 0 Å². The lowest BCUT2D eigenvalue weighted by atomic mass is 10.0. The third-order valence-electron chi connectivity index (χ3n) is 4.94. The van der Waals surface area contributed by atoms with Crippen molar-refractivity contribution in [3.63, 3.8) is 0 Å². The predicted octanol–water partition coefficient (Wildman–Crippen LogP) is 1.91. The maximum atomic E-state index is 13.0. The number of likely N-dealkylation sites (N-methyl/N-ethyl adjacent to an activating group) is 1. The number of amides is 2. The number of hydrogen-bond donors (Lipinski definition) is 1. The molecule has 1 aliphatic heterocycles. The Kier molecular flexibility index (Phi) is 5.69. The van der Waals surface area contributed by atoms with Crippen molar-refractivity contribution in [2.24, 2.45) is 0 Å². The van der Waals surface area contributed by atoms with Gasteiger partial charge in [-0.15, -0.1) is 0 Å². The number of H-pyrrole nitrogens is 1. The quantitative estimate of drug-likeness (QED) is 0.873. The molecule has 2 amide bonds. The van der Waals surface area contributed by atoms with Gasteiger partial charge in [-0.05, 0) is 24.1 Å². The number of carbonyl (C=O) groups is 2. The van der Waals surface area contributed by atoms with Crippen LogP contribution in [-0.2, 0) is 4.79 Å². The summed E-state index contributed by atoms with van der Waals surface area (Å²) in [6.45, 7) is 3.17. The first kappa shape index (κ1) is 18.8. The first-order chi connectivity index (χ1) is 13.0. The van der Waals surface area contributed by atoms with Crippen LogP contribution in [0.1, 0.15) is 36.5 Å². The molecule has 1 aromatic heterocycles. The van der Waals surface area contributed by atoms with Gasteiger partial charge in [0.15, 0.2) is 0 Å². The van der Waals surface area contributed by atoms with Crippen LogP contribution in [0.15, 0.2) is 41.5 Å². The Hall–Kier alpha value is -2.96. The number of rotatable bonds is 5. The highest BCUT2D eigenvalue weighted by molar-refractivity contribution is 5.98. The smallest absolute Gasteiger partial charge is 0.342 e. The van der Waals surface area contributed by atoms with Crippen LogP contribution in [-0.4, -0.2) is 57.8 Å². The molecule has 0 saturated carbocycles. The van der Waals surface area contributed by atoms with Crippen molar-refractivity contribution in [2.75, 3.05) is 20.1 Å². The average molecular weight is 368 g/mol. The summed E-state index contributed by atoms with van der Waals surface area (Å²) < 4.78 is 0. The Morgan fingerprint density at radius 1 is 1.19 bits per heavy atom. The Bertz CT molecular complexity index is 855. The molecule has 1 saturated heterocycles. The van der Waals surface area contributed by atoms with E-state index in [9.17, 15) is 14.4 Å². The lowest BCUT2D eigenvalue weighted by Gasteiger charge is -2.39. The fourth-order valence-electron chi connectivity index (χ4n) is 3.30. The minimum atomic E-state index is -0.400. The summed E-state index contributed by atoms with van der Waals surface area (Å²) in [5.41, 5.74) is 1.77. The molecule has 142 valence electrons. The Labute approximate surface area is 158 Å². The fourth-order valence-corrected chi connectivity index (χ4v) is 3.30. The van der Waals surface area contributed by atoms with Crippen LogP contribution in [0.3, 0.4) is 0 Å². The molecule has 0 unspecified atom stereocenters. The van der Waals surface area contributed by atoms with E-state index in [2.05, 4.69) is 16.9 Å². The van der Waals surface area contributed by atoms with E-state index >= 15 is 0 Å². The van der Waals surface area contributed by atoms with E-state index in [1.165, 1.54) is 6.20 Å². The first-order valence-corrected chi connectivity index (χ1v) is 9.22. The van der Waals surface area contributed by atoms with E-state index in [1.807, 2.05) is 12.1 Å². The summed E-state index contributed by atoms with van der Waals surface area (Å²) in [7, 11) is 1.79. The lowest BCUT2D eigenvalue weighted by molar-refractivity contribution is -0.138. The van der Waals surface area contributed by atoms with Crippen molar-refractivity contribution in [3.05, 3.63) is 52.7 Å². The minimum absolute atomic E-state index is 0.0129. The molecule has 0 radical (unpaired) electrons. The second-order valence-corrected chi connectivity index (χ2v) is 6.80. The van der Waals surface area contributed by atoms with Gasteiger partial charge in [-0.25, -0.2) is 9.78 Å². The Balaban J connectivity index is 1.80. The number of aromatic nitrogens is 2. The first-order valence-electron chi connectivity index (χ1n) is 9.22. The molecule has 1 aliphatic rings. The molecule has 2 heterocycles. The molecule has 2 aromatic rings. The van der Waals surface area contributed by atoms with Gasteiger partial charge in [0.2, 0.25) is 5.91 Å². The van der Waals surface area contributed by atoms with Gasteiger partial charge in [-0.1, -0.05) is 31.9 Å². The Morgan fingerprint density at radius 3 is 2.56 bits per heavy atom. The van der Waals surface area contributed by atoms with E-state index in [-0.39, 0.29) is 17.9 Å². The van der Waals surface area contributed by atoms with E-state index in [0.29, 0.717) is 25.1 Å². The SMILES string of the molecule is CCCC[C@@H]1C(=O)N(C)CCN1C(=O)c1ccc(-c2cnc(=O)[nH]c2)cc1. The normalized spacial score (nSPS) is 17.3. The molecule has 1 N–H and O–H groups in total. The van der Waals surface area contributed by atoms with E-state index in [1.54, 1.807) is 35.2 Å². The maximum absolute atomic E-state index is 13.0. The zero-order chi connectivity index (χ0) is 19.4. The molecule has 0 spiro atoms. The monoisotopic (exact) mass is 368 g/mol. The number of benzene rings is 1.